The highest BCUT2D eigenvalue weighted by molar-refractivity contribution is 5.96. The minimum absolute atomic E-state index is 0.0328. The Labute approximate surface area is 172 Å². The summed E-state index contributed by atoms with van der Waals surface area (Å²) < 4.78 is 9.45. The van der Waals surface area contributed by atoms with Crippen LogP contribution in [-0.2, 0) is 19.1 Å². The third-order valence-electron chi connectivity index (χ3n) is 4.17. The predicted octanol–water partition coefficient (Wildman–Crippen LogP) is 3.19. The summed E-state index contributed by atoms with van der Waals surface area (Å²) in [5.74, 6) is -1.94. The number of aryl methyl sites for hydroxylation is 2. The first-order chi connectivity index (χ1) is 14.2. The number of nitrogens with one attached hydrogen (secondary N) is 1. The average Bonchev–Trinajstić information content (AvgIpc) is 2.72. The maximum absolute atomic E-state index is 12.0. The fourth-order valence-electron chi connectivity index (χ4n) is 2.44. The van der Waals surface area contributed by atoms with E-state index in [0.717, 1.165) is 17.2 Å². The second kappa shape index (κ2) is 9.97. The van der Waals surface area contributed by atoms with Gasteiger partial charge in [-0.15, -0.1) is 0 Å². The molecule has 0 saturated carbocycles. The lowest BCUT2D eigenvalue weighted by Crippen LogP contribution is -2.20. The summed E-state index contributed by atoms with van der Waals surface area (Å²) in [6.07, 6.45) is 2.58. The summed E-state index contributed by atoms with van der Waals surface area (Å²) in [7, 11) is 1.28. The fraction of sp³-hybridized carbons (Fsp3) is 0.190. The second-order valence-electron chi connectivity index (χ2n) is 6.31. The maximum Gasteiger partial charge on any atom is 0.337 e. The topological polar surface area (TPSA) is 125 Å². The molecule has 0 saturated heterocycles. The first kappa shape index (κ1) is 22.3. The highest BCUT2D eigenvalue weighted by atomic mass is 16.6. The van der Waals surface area contributed by atoms with Crippen LogP contribution in [0.1, 0.15) is 27.0 Å². The zero-order valence-corrected chi connectivity index (χ0v) is 16.6. The Morgan fingerprint density at radius 1 is 1.10 bits per heavy atom. The Morgan fingerprint density at radius 2 is 1.73 bits per heavy atom. The van der Waals surface area contributed by atoms with Crippen LogP contribution in [0, 0.1) is 24.0 Å². The number of ether oxygens (including phenoxy) is 2. The minimum Gasteiger partial charge on any atom is -0.465 e. The number of nitro groups is 1. The van der Waals surface area contributed by atoms with Crippen molar-refractivity contribution in [2.75, 3.05) is 19.0 Å². The van der Waals surface area contributed by atoms with E-state index >= 15 is 0 Å². The lowest BCUT2D eigenvalue weighted by Gasteiger charge is -2.09. The first-order valence-corrected chi connectivity index (χ1v) is 8.80. The Morgan fingerprint density at radius 3 is 2.33 bits per heavy atom. The molecule has 0 aliphatic carbocycles. The highest BCUT2D eigenvalue weighted by Crippen LogP contribution is 2.27. The van der Waals surface area contributed by atoms with Crippen molar-refractivity contribution in [2.24, 2.45) is 0 Å². The standard InChI is InChI=1S/C21H20N2O7/c1-13-10-17(18(23(27)28)11-14(13)2)22-19(24)12-30-20(25)9-6-15-4-7-16(8-5-15)21(26)29-3/h4-11H,12H2,1-3H3,(H,22,24)/b9-6+. The van der Waals surface area contributed by atoms with Crippen molar-refractivity contribution in [1.82, 2.24) is 0 Å². The number of amides is 1. The molecule has 0 heterocycles. The smallest absolute Gasteiger partial charge is 0.337 e. The van der Waals surface area contributed by atoms with Gasteiger partial charge >= 0.3 is 11.9 Å². The van der Waals surface area contributed by atoms with Gasteiger partial charge in [-0.05, 0) is 54.8 Å². The second-order valence-corrected chi connectivity index (χ2v) is 6.31. The van der Waals surface area contributed by atoms with Crippen LogP contribution < -0.4 is 5.32 Å². The van der Waals surface area contributed by atoms with E-state index in [1.165, 1.54) is 25.3 Å². The van der Waals surface area contributed by atoms with Crippen molar-refractivity contribution < 1.29 is 28.8 Å². The molecule has 30 heavy (non-hydrogen) atoms. The summed E-state index contributed by atoms with van der Waals surface area (Å²) in [6, 6.07) is 9.17. The predicted molar refractivity (Wildman–Crippen MR) is 109 cm³/mol. The number of nitrogens with zero attached hydrogens (tertiary/aromatic N) is 1. The number of anilines is 1. The molecular formula is C21H20N2O7. The minimum atomic E-state index is -0.767. The van der Waals surface area contributed by atoms with Crippen molar-refractivity contribution >= 4 is 35.3 Å². The van der Waals surface area contributed by atoms with Crippen LogP contribution in [0.25, 0.3) is 6.08 Å². The number of rotatable bonds is 7. The van der Waals surface area contributed by atoms with Crippen LogP contribution in [0.15, 0.2) is 42.5 Å². The third kappa shape index (κ3) is 5.99. The SMILES string of the molecule is COC(=O)c1ccc(/C=C/C(=O)OCC(=O)Nc2cc(C)c(C)cc2[N+](=O)[O-])cc1. The molecule has 0 aliphatic rings. The van der Waals surface area contributed by atoms with Crippen LogP contribution in [0.4, 0.5) is 11.4 Å². The van der Waals surface area contributed by atoms with Crippen molar-refractivity contribution in [1.29, 1.82) is 0 Å². The number of carbonyl (C=O) groups is 3. The van der Waals surface area contributed by atoms with Gasteiger partial charge in [0.2, 0.25) is 0 Å². The molecule has 9 heteroatoms. The van der Waals surface area contributed by atoms with E-state index in [1.807, 2.05) is 0 Å². The number of hydrogen-bond acceptors (Lipinski definition) is 7. The molecule has 0 unspecified atom stereocenters. The quantitative estimate of drug-likeness (QED) is 0.320. The van der Waals surface area contributed by atoms with Gasteiger partial charge in [0.25, 0.3) is 11.6 Å². The van der Waals surface area contributed by atoms with E-state index in [2.05, 4.69) is 10.1 Å². The van der Waals surface area contributed by atoms with Gasteiger partial charge in [-0.3, -0.25) is 14.9 Å². The van der Waals surface area contributed by atoms with Gasteiger partial charge in [0.15, 0.2) is 6.61 Å². The summed E-state index contributed by atoms with van der Waals surface area (Å²) in [5.41, 5.74) is 2.28. The number of nitro benzene ring substituents is 1. The van der Waals surface area contributed by atoms with Gasteiger partial charge in [0.1, 0.15) is 5.69 Å². The number of methoxy groups -OCH3 is 1. The number of esters is 2. The summed E-state index contributed by atoms with van der Waals surface area (Å²) in [6.45, 7) is 2.89. The lowest BCUT2D eigenvalue weighted by atomic mass is 10.1. The van der Waals surface area contributed by atoms with E-state index in [0.29, 0.717) is 11.1 Å². The summed E-state index contributed by atoms with van der Waals surface area (Å²) >= 11 is 0. The summed E-state index contributed by atoms with van der Waals surface area (Å²) in [5, 5.41) is 13.5. The molecule has 0 spiro atoms. The molecule has 0 fully saturated rings. The zero-order chi connectivity index (χ0) is 22.3. The van der Waals surface area contributed by atoms with E-state index < -0.39 is 29.4 Å². The molecule has 156 valence electrons. The Bertz CT molecular complexity index is 1010. The fourth-order valence-corrected chi connectivity index (χ4v) is 2.44. The van der Waals surface area contributed by atoms with Gasteiger partial charge in [0.05, 0.1) is 17.6 Å². The molecule has 2 aromatic carbocycles. The first-order valence-electron chi connectivity index (χ1n) is 8.80. The van der Waals surface area contributed by atoms with Gasteiger partial charge in [-0.25, -0.2) is 9.59 Å². The molecule has 1 N–H and O–H groups in total. The molecule has 0 atom stereocenters. The highest BCUT2D eigenvalue weighted by Gasteiger charge is 2.18. The van der Waals surface area contributed by atoms with Crippen molar-refractivity contribution in [3.8, 4) is 0 Å². The van der Waals surface area contributed by atoms with Crippen molar-refractivity contribution in [2.45, 2.75) is 13.8 Å². The average molecular weight is 412 g/mol. The van der Waals surface area contributed by atoms with Gasteiger partial charge in [-0.1, -0.05) is 12.1 Å². The van der Waals surface area contributed by atoms with Crippen molar-refractivity contribution in [3.63, 3.8) is 0 Å². The van der Waals surface area contributed by atoms with Crippen LogP contribution in [0.5, 0.6) is 0 Å². The molecule has 2 aromatic rings. The Balaban J connectivity index is 1.93. The molecule has 2 rings (SSSR count). The molecule has 0 aromatic heterocycles. The Hall–Kier alpha value is -4.01. The molecule has 0 bridgehead atoms. The number of carbonyl (C=O) groups excluding carboxylic acids is 3. The largest absolute Gasteiger partial charge is 0.465 e. The van der Waals surface area contributed by atoms with E-state index in [1.54, 1.807) is 38.1 Å². The van der Waals surface area contributed by atoms with Gasteiger partial charge < -0.3 is 14.8 Å². The maximum atomic E-state index is 12.0. The number of hydrogen-bond donors (Lipinski definition) is 1. The molecule has 1 amide bonds. The number of benzene rings is 2. The van der Waals surface area contributed by atoms with Crippen molar-refractivity contribution in [3.05, 3.63) is 74.8 Å². The molecular weight excluding hydrogens is 392 g/mol. The third-order valence-corrected chi connectivity index (χ3v) is 4.17. The Kier molecular flexibility index (Phi) is 7.40. The van der Waals surface area contributed by atoms with Crippen LogP contribution >= 0.6 is 0 Å². The normalized spacial score (nSPS) is 10.5. The monoisotopic (exact) mass is 412 g/mol. The van der Waals surface area contributed by atoms with Crippen LogP contribution in [0.2, 0.25) is 0 Å². The van der Waals surface area contributed by atoms with E-state index in [9.17, 15) is 24.5 Å². The zero-order valence-electron chi connectivity index (χ0n) is 16.6. The van der Waals surface area contributed by atoms with Crippen LogP contribution in [-0.4, -0.2) is 36.5 Å². The molecule has 0 radical (unpaired) electrons. The van der Waals surface area contributed by atoms with Crippen LogP contribution in [0.3, 0.4) is 0 Å². The lowest BCUT2D eigenvalue weighted by molar-refractivity contribution is -0.384. The van der Waals surface area contributed by atoms with E-state index in [4.69, 9.17) is 4.74 Å². The molecule has 0 aliphatic heterocycles. The molecule has 9 nitrogen and oxygen atoms in total. The van der Waals surface area contributed by atoms with Gasteiger partial charge in [0, 0.05) is 12.1 Å². The summed E-state index contributed by atoms with van der Waals surface area (Å²) in [4.78, 5) is 45.8. The van der Waals surface area contributed by atoms with Gasteiger partial charge in [-0.2, -0.15) is 0 Å². The van der Waals surface area contributed by atoms with E-state index in [-0.39, 0.29) is 11.4 Å².